The maximum Gasteiger partial charge on any atom is 0.306 e. The van der Waals surface area contributed by atoms with Crippen LogP contribution in [-0.4, -0.2) is 64.0 Å². The zero-order valence-electron chi connectivity index (χ0n) is 16.1. The number of aliphatic carboxylic acids is 1. The van der Waals surface area contributed by atoms with Gasteiger partial charge in [0, 0.05) is 37.8 Å². The summed E-state index contributed by atoms with van der Waals surface area (Å²) >= 11 is 0. The van der Waals surface area contributed by atoms with E-state index in [0.29, 0.717) is 26.0 Å². The minimum absolute atomic E-state index is 0.0517. The molecule has 1 aromatic rings. The summed E-state index contributed by atoms with van der Waals surface area (Å²) in [6.07, 6.45) is 6.35. The molecule has 1 saturated carbocycles. The van der Waals surface area contributed by atoms with Crippen LogP contribution >= 0.6 is 0 Å². The van der Waals surface area contributed by atoms with Crippen LogP contribution in [-0.2, 0) is 21.4 Å². The number of likely N-dealkylation sites (N-methyl/N-ethyl adjacent to an activating group) is 1. The normalized spacial score (nSPS) is 29.4. The van der Waals surface area contributed by atoms with Crippen molar-refractivity contribution in [2.24, 2.45) is 18.9 Å². The van der Waals surface area contributed by atoms with Gasteiger partial charge in [0.1, 0.15) is 0 Å². The smallest absolute Gasteiger partial charge is 0.306 e. The first kappa shape index (κ1) is 19.8. The number of aromatic nitrogens is 2. The highest BCUT2D eigenvalue weighted by Crippen LogP contribution is 2.31. The summed E-state index contributed by atoms with van der Waals surface area (Å²) in [4.78, 5) is 26.2. The molecule has 3 rings (SSSR count). The second-order valence-electron chi connectivity index (χ2n) is 7.57. The number of carboxylic acids is 1. The van der Waals surface area contributed by atoms with Crippen molar-refractivity contribution in [1.29, 1.82) is 0 Å². The Labute approximate surface area is 159 Å². The number of nitrogens with one attached hydrogen (secondary N) is 1. The van der Waals surface area contributed by atoms with Crippen LogP contribution in [0.2, 0.25) is 0 Å². The van der Waals surface area contributed by atoms with Gasteiger partial charge in [0.05, 0.1) is 30.9 Å². The highest BCUT2D eigenvalue weighted by atomic mass is 16.5. The Morgan fingerprint density at radius 2 is 2.15 bits per heavy atom. The average molecular weight is 378 g/mol. The topological polar surface area (TPSA) is 96.7 Å². The zero-order chi connectivity index (χ0) is 19.4. The van der Waals surface area contributed by atoms with Crippen molar-refractivity contribution in [2.75, 3.05) is 26.2 Å². The van der Waals surface area contributed by atoms with E-state index in [-0.39, 0.29) is 24.0 Å². The number of hydrogen-bond donors (Lipinski definition) is 2. The van der Waals surface area contributed by atoms with E-state index in [1.807, 2.05) is 19.4 Å². The summed E-state index contributed by atoms with van der Waals surface area (Å²) in [6.45, 7) is 4.93. The third-order valence-electron chi connectivity index (χ3n) is 5.80. The number of nitrogens with zero attached hydrogens (tertiary/aromatic N) is 3. The van der Waals surface area contributed by atoms with E-state index in [0.717, 1.165) is 31.5 Å². The van der Waals surface area contributed by atoms with Crippen molar-refractivity contribution in [3.05, 3.63) is 18.0 Å². The molecule has 1 aliphatic carbocycles. The molecular weight excluding hydrogens is 348 g/mol. The van der Waals surface area contributed by atoms with E-state index in [1.165, 1.54) is 0 Å². The lowest BCUT2D eigenvalue weighted by atomic mass is 9.81. The van der Waals surface area contributed by atoms with Crippen molar-refractivity contribution < 1.29 is 19.4 Å². The van der Waals surface area contributed by atoms with Gasteiger partial charge in [0.25, 0.3) is 0 Å². The molecule has 1 aliphatic heterocycles. The van der Waals surface area contributed by atoms with Crippen LogP contribution in [0.4, 0.5) is 0 Å². The van der Waals surface area contributed by atoms with E-state index in [1.54, 1.807) is 4.68 Å². The number of ether oxygens (including phenoxy) is 1. The molecule has 0 spiro atoms. The molecule has 2 fully saturated rings. The Morgan fingerprint density at radius 1 is 1.37 bits per heavy atom. The second-order valence-corrected chi connectivity index (χ2v) is 7.57. The maximum absolute atomic E-state index is 12.6. The summed E-state index contributed by atoms with van der Waals surface area (Å²) in [6, 6.07) is 0.0517. The molecule has 0 aromatic carbocycles. The van der Waals surface area contributed by atoms with E-state index >= 15 is 0 Å². The van der Waals surface area contributed by atoms with Gasteiger partial charge in [-0.25, -0.2) is 0 Å². The first-order valence-electron chi connectivity index (χ1n) is 9.84. The van der Waals surface area contributed by atoms with Crippen LogP contribution in [0.1, 0.15) is 44.2 Å². The monoisotopic (exact) mass is 378 g/mol. The largest absolute Gasteiger partial charge is 0.481 e. The van der Waals surface area contributed by atoms with Gasteiger partial charge >= 0.3 is 5.97 Å². The van der Waals surface area contributed by atoms with Gasteiger partial charge in [-0.05, 0) is 25.8 Å². The minimum Gasteiger partial charge on any atom is -0.481 e. The molecule has 1 amide bonds. The van der Waals surface area contributed by atoms with Crippen LogP contribution in [0.3, 0.4) is 0 Å². The predicted molar refractivity (Wildman–Crippen MR) is 99.0 cm³/mol. The third kappa shape index (κ3) is 4.68. The quantitative estimate of drug-likeness (QED) is 0.772. The number of rotatable bonds is 6. The fourth-order valence-corrected chi connectivity index (χ4v) is 4.33. The Morgan fingerprint density at radius 3 is 2.81 bits per heavy atom. The molecule has 8 heteroatoms. The van der Waals surface area contributed by atoms with Crippen LogP contribution in [0.5, 0.6) is 0 Å². The summed E-state index contributed by atoms with van der Waals surface area (Å²) in [7, 11) is 1.89. The maximum atomic E-state index is 12.6. The van der Waals surface area contributed by atoms with Crippen molar-refractivity contribution in [1.82, 2.24) is 20.0 Å². The SMILES string of the molecule is CCN1CCOC(CNC(=O)C2CCCC(C(=O)O)C2)C1c1cnn(C)c1. The first-order chi connectivity index (χ1) is 13.0. The van der Waals surface area contributed by atoms with Gasteiger partial charge in [-0.1, -0.05) is 13.3 Å². The van der Waals surface area contributed by atoms with Gasteiger partial charge in [-0.2, -0.15) is 5.10 Å². The summed E-state index contributed by atoms with van der Waals surface area (Å²) < 4.78 is 7.78. The van der Waals surface area contributed by atoms with Gasteiger partial charge in [-0.3, -0.25) is 19.2 Å². The summed E-state index contributed by atoms with van der Waals surface area (Å²) in [5, 5.41) is 16.5. The molecule has 2 aliphatic rings. The van der Waals surface area contributed by atoms with Gasteiger partial charge in [0.2, 0.25) is 5.91 Å². The number of aryl methyl sites for hydroxylation is 1. The molecule has 150 valence electrons. The molecule has 4 atom stereocenters. The van der Waals surface area contributed by atoms with Crippen LogP contribution in [0, 0.1) is 11.8 Å². The molecular formula is C19H30N4O4. The van der Waals surface area contributed by atoms with Crippen LogP contribution < -0.4 is 5.32 Å². The predicted octanol–water partition coefficient (Wildman–Crippen LogP) is 1.19. The number of carbonyl (C=O) groups excluding carboxylic acids is 1. The number of amides is 1. The lowest BCUT2D eigenvalue weighted by Crippen LogP contribution is -2.50. The molecule has 2 N–H and O–H groups in total. The molecule has 0 bridgehead atoms. The Hall–Kier alpha value is -1.93. The highest BCUT2D eigenvalue weighted by molar-refractivity contribution is 5.80. The molecule has 4 unspecified atom stereocenters. The van der Waals surface area contributed by atoms with E-state index in [9.17, 15) is 14.7 Å². The summed E-state index contributed by atoms with van der Waals surface area (Å²) in [5.74, 6) is -1.47. The van der Waals surface area contributed by atoms with Crippen LogP contribution in [0.15, 0.2) is 12.4 Å². The Kier molecular flexibility index (Phi) is 6.49. The fourth-order valence-electron chi connectivity index (χ4n) is 4.33. The Balaban J connectivity index is 1.62. The van der Waals surface area contributed by atoms with Crippen molar-refractivity contribution in [2.45, 2.75) is 44.8 Å². The van der Waals surface area contributed by atoms with Crippen molar-refractivity contribution >= 4 is 11.9 Å². The summed E-state index contributed by atoms with van der Waals surface area (Å²) in [5.41, 5.74) is 1.09. The lowest BCUT2D eigenvalue weighted by molar-refractivity contribution is -0.144. The molecule has 1 aromatic heterocycles. The number of carbonyl (C=O) groups is 2. The Bertz CT molecular complexity index is 662. The van der Waals surface area contributed by atoms with E-state index in [2.05, 4.69) is 22.2 Å². The van der Waals surface area contributed by atoms with Gasteiger partial charge in [0.15, 0.2) is 0 Å². The third-order valence-corrected chi connectivity index (χ3v) is 5.80. The highest BCUT2D eigenvalue weighted by Gasteiger charge is 2.35. The number of hydrogen-bond acceptors (Lipinski definition) is 5. The van der Waals surface area contributed by atoms with Crippen molar-refractivity contribution in [3.63, 3.8) is 0 Å². The molecule has 1 saturated heterocycles. The average Bonchev–Trinajstić information content (AvgIpc) is 3.11. The second kappa shape index (κ2) is 8.84. The minimum atomic E-state index is -0.793. The van der Waals surface area contributed by atoms with Gasteiger partial charge < -0.3 is 15.2 Å². The molecule has 0 radical (unpaired) electrons. The van der Waals surface area contributed by atoms with E-state index < -0.39 is 11.9 Å². The first-order valence-corrected chi connectivity index (χ1v) is 9.84. The molecule has 27 heavy (non-hydrogen) atoms. The number of morpholine rings is 1. The van der Waals surface area contributed by atoms with Gasteiger partial charge in [-0.15, -0.1) is 0 Å². The standard InChI is InChI=1S/C19H30N4O4/c1-3-23-7-8-27-16(17(23)15-10-21-22(2)12-15)11-20-18(24)13-5-4-6-14(9-13)19(25)26/h10,12-14,16-17H,3-9,11H2,1-2H3,(H,20,24)(H,25,26). The molecule has 2 heterocycles. The zero-order valence-corrected chi connectivity index (χ0v) is 16.1. The van der Waals surface area contributed by atoms with E-state index in [4.69, 9.17) is 4.74 Å². The fraction of sp³-hybridized carbons (Fsp3) is 0.737. The van der Waals surface area contributed by atoms with Crippen molar-refractivity contribution in [3.8, 4) is 0 Å². The molecule has 8 nitrogen and oxygen atoms in total. The lowest BCUT2D eigenvalue weighted by Gasteiger charge is -2.40. The van der Waals surface area contributed by atoms with Crippen LogP contribution in [0.25, 0.3) is 0 Å². The number of carboxylic acid groups (broad SMARTS) is 1.